The maximum absolute atomic E-state index is 12.6. The summed E-state index contributed by atoms with van der Waals surface area (Å²) >= 11 is 0. The molecule has 0 unspecified atom stereocenters. The third kappa shape index (κ3) is 5.20. The molecule has 0 saturated carbocycles. The molecule has 3 aromatic rings. The van der Waals surface area contributed by atoms with Gasteiger partial charge in [-0.2, -0.15) is 0 Å². The van der Waals surface area contributed by atoms with Crippen LogP contribution in [0, 0.1) is 17.0 Å². The molecule has 0 bridgehead atoms. The van der Waals surface area contributed by atoms with Crippen LogP contribution in [0.25, 0.3) is 11.3 Å². The number of nitro benzene ring substituents is 1. The number of carbonyl (C=O) groups excluding carboxylic acids is 2. The SMILES string of the molecule is Cc1nc(-c2ccccc2)ccc1C(=O)OCC(=O)N1CCN(c2ccc([N+](=O)[O-])cc2)CC1. The Morgan fingerprint density at radius 2 is 1.65 bits per heavy atom. The number of anilines is 1. The standard InChI is InChI=1S/C25H24N4O5/c1-18-22(11-12-23(26-18)19-5-3-2-4-6-19)25(31)34-17-24(30)28-15-13-27(14-16-28)20-7-9-21(10-8-20)29(32)33/h2-12H,13-17H2,1H3. The number of nitro groups is 1. The van der Waals surface area contributed by atoms with Gasteiger partial charge in [-0.1, -0.05) is 30.3 Å². The van der Waals surface area contributed by atoms with Gasteiger partial charge >= 0.3 is 5.97 Å². The number of hydrogen-bond acceptors (Lipinski definition) is 7. The molecule has 0 atom stereocenters. The van der Waals surface area contributed by atoms with E-state index in [1.54, 1.807) is 36.1 Å². The van der Waals surface area contributed by atoms with E-state index in [4.69, 9.17) is 4.74 Å². The Labute approximate surface area is 196 Å². The van der Waals surface area contributed by atoms with Crippen LogP contribution in [0.2, 0.25) is 0 Å². The highest BCUT2D eigenvalue weighted by Gasteiger charge is 2.23. The van der Waals surface area contributed by atoms with Crippen LogP contribution in [-0.4, -0.2) is 59.5 Å². The van der Waals surface area contributed by atoms with Crippen LogP contribution in [0.5, 0.6) is 0 Å². The van der Waals surface area contributed by atoms with E-state index in [2.05, 4.69) is 9.88 Å². The molecule has 9 heteroatoms. The largest absolute Gasteiger partial charge is 0.452 e. The van der Waals surface area contributed by atoms with Gasteiger partial charge in [0.25, 0.3) is 11.6 Å². The summed E-state index contributed by atoms with van der Waals surface area (Å²) in [5, 5.41) is 10.8. The predicted octanol–water partition coefficient (Wildman–Crippen LogP) is 3.47. The Balaban J connectivity index is 1.28. The van der Waals surface area contributed by atoms with E-state index in [9.17, 15) is 19.7 Å². The van der Waals surface area contributed by atoms with Crippen LogP contribution >= 0.6 is 0 Å². The lowest BCUT2D eigenvalue weighted by Crippen LogP contribution is -2.49. The molecule has 4 rings (SSSR count). The van der Waals surface area contributed by atoms with Crippen molar-refractivity contribution in [3.8, 4) is 11.3 Å². The quantitative estimate of drug-likeness (QED) is 0.315. The Morgan fingerprint density at radius 3 is 2.26 bits per heavy atom. The third-order valence-corrected chi connectivity index (χ3v) is 5.76. The summed E-state index contributed by atoms with van der Waals surface area (Å²) in [6, 6.07) is 19.4. The van der Waals surface area contributed by atoms with Crippen molar-refractivity contribution in [2.45, 2.75) is 6.92 Å². The minimum absolute atomic E-state index is 0.0412. The molecule has 0 N–H and O–H groups in total. The van der Waals surface area contributed by atoms with Gasteiger partial charge in [0.15, 0.2) is 6.61 Å². The van der Waals surface area contributed by atoms with Crippen LogP contribution in [-0.2, 0) is 9.53 Å². The first-order valence-corrected chi connectivity index (χ1v) is 10.9. The number of amides is 1. The van der Waals surface area contributed by atoms with Gasteiger partial charge in [-0.15, -0.1) is 0 Å². The number of nitrogens with zero attached hydrogens (tertiary/aromatic N) is 4. The van der Waals surface area contributed by atoms with E-state index < -0.39 is 10.9 Å². The van der Waals surface area contributed by atoms with Crippen LogP contribution in [0.3, 0.4) is 0 Å². The molecule has 9 nitrogen and oxygen atoms in total. The van der Waals surface area contributed by atoms with E-state index >= 15 is 0 Å². The number of piperazine rings is 1. The molecule has 1 aliphatic heterocycles. The molecule has 1 aromatic heterocycles. The van der Waals surface area contributed by atoms with Gasteiger partial charge in [-0.25, -0.2) is 4.79 Å². The first kappa shape index (κ1) is 22.9. The first-order chi connectivity index (χ1) is 16.4. The number of esters is 1. The van der Waals surface area contributed by atoms with Gasteiger partial charge < -0.3 is 14.5 Å². The molecule has 2 aromatic carbocycles. The lowest BCUT2D eigenvalue weighted by Gasteiger charge is -2.36. The molecule has 0 aliphatic carbocycles. The molecular weight excluding hydrogens is 436 g/mol. The fourth-order valence-electron chi connectivity index (χ4n) is 3.84. The van der Waals surface area contributed by atoms with Gasteiger partial charge in [-0.3, -0.25) is 19.9 Å². The monoisotopic (exact) mass is 460 g/mol. The first-order valence-electron chi connectivity index (χ1n) is 10.9. The van der Waals surface area contributed by atoms with Crippen LogP contribution in [0.1, 0.15) is 16.1 Å². The maximum Gasteiger partial charge on any atom is 0.340 e. The van der Waals surface area contributed by atoms with Crippen molar-refractivity contribution >= 4 is 23.3 Å². The highest BCUT2D eigenvalue weighted by Crippen LogP contribution is 2.21. The van der Waals surface area contributed by atoms with Crippen molar-refractivity contribution < 1.29 is 19.2 Å². The minimum Gasteiger partial charge on any atom is -0.452 e. The molecule has 1 amide bonds. The van der Waals surface area contributed by atoms with Crippen molar-refractivity contribution in [1.29, 1.82) is 0 Å². The van der Waals surface area contributed by atoms with E-state index in [1.165, 1.54) is 12.1 Å². The molecule has 174 valence electrons. The Kier molecular flexibility index (Phi) is 6.82. The van der Waals surface area contributed by atoms with Crippen LogP contribution in [0.15, 0.2) is 66.7 Å². The second kappa shape index (κ2) is 10.1. The summed E-state index contributed by atoms with van der Waals surface area (Å²) in [4.78, 5) is 43.7. The number of non-ortho nitro benzene ring substituents is 1. The highest BCUT2D eigenvalue weighted by atomic mass is 16.6. The third-order valence-electron chi connectivity index (χ3n) is 5.76. The smallest absolute Gasteiger partial charge is 0.340 e. The van der Waals surface area contributed by atoms with Gasteiger partial charge in [0.1, 0.15) is 0 Å². The van der Waals surface area contributed by atoms with Gasteiger partial charge in [0, 0.05) is 49.6 Å². The van der Waals surface area contributed by atoms with Gasteiger partial charge in [-0.05, 0) is 31.2 Å². The second-order valence-electron chi connectivity index (χ2n) is 7.91. The average molecular weight is 460 g/mol. The molecule has 34 heavy (non-hydrogen) atoms. The zero-order valence-electron chi connectivity index (χ0n) is 18.7. The van der Waals surface area contributed by atoms with Crippen molar-refractivity contribution in [2.75, 3.05) is 37.7 Å². The fourth-order valence-corrected chi connectivity index (χ4v) is 3.84. The van der Waals surface area contributed by atoms with Gasteiger partial charge in [0.05, 0.1) is 21.9 Å². The molecule has 1 aliphatic rings. The molecule has 0 radical (unpaired) electrons. The Bertz CT molecular complexity index is 1190. The maximum atomic E-state index is 12.6. The summed E-state index contributed by atoms with van der Waals surface area (Å²) in [5.41, 5.74) is 3.49. The van der Waals surface area contributed by atoms with E-state index in [-0.39, 0.29) is 18.2 Å². The molecular formula is C25H24N4O5. The lowest BCUT2D eigenvalue weighted by atomic mass is 10.1. The molecule has 1 fully saturated rings. The fraction of sp³-hybridized carbons (Fsp3) is 0.240. The minimum atomic E-state index is -0.581. The van der Waals surface area contributed by atoms with Crippen LogP contribution in [0.4, 0.5) is 11.4 Å². The van der Waals surface area contributed by atoms with E-state index in [1.807, 2.05) is 30.3 Å². The molecule has 1 saturated heterocycles. The number of aryl methyl sites for hydroxylation is 1. The van der Waals surface area contributed by atoms with Crippen molar-refractivity contribution in [3.05, 3.63) is 88.1 Å². The molecule has 2 heterocycles. The topological polar surface area (TPSA) is 106 Å². The highest BCUT2D eigenvalue weighted by molar-refractivity contribution is 5.92. The summed E-state index contributed by atoms with van der Waals surface area (Å²) in [6.07, 6.45) is 0. The summed E-state index contributed by atoms with van der Waals surface area (Å²) in [7, 11) is 0. The van der Waals surface area contributed by atoms with Crippen molar-refractivity contribution in [3.63, 3.8) is 0 Å². The lowest BCUT2D eigenvalue weighted by molar-refractivity contribution is -0.384. The number of aromatic nitrogens is 1. The van der Waals surface area contributed by atoms with Crippen molar-refractivity contribution in [1.82, 2.24) is 9.88 Å². The Hall–Kier alpha value is -4.27. The number of carbonyl (C=O) groups is 2. The number of ether oxygens (including phenoxy) is 1. The number of rotatable bonds is 6. The normalized spacial score (nSPS) is 13.4. The second-order valence-corrected chi connectivity index (χ2v) is 7.91. The summed E-state index contributed by atoms with van der Waals surface area (Å²) in [5.74, 6) is -0.842. The summed E-state index contributed by atoms with van der Waals surface area (Å²) < 4.78 is 5.27. The van der Waals surface area contributed by atoms with Gasteiger partial charge in [0.2, 0.25) is 0 Å². The number of hydrogen-bond donors (Lipinski definition) is 0. The molecule has 0 spiro atoms. The number of pyridine rings is 1. The van der Waals surface area contributed by atoms with E-state index in [0.29, 0.717) is 37.4 Å². The zero-order valence-corrected chi connectivity index (χ0v) is 18.7. The number of benzene rings is 2. The zero-order chi connectivity index (χ0) is 24.1. The van der Waals surface area contributed by atoms with Crippen molar-refractivity contribution in [2.24, 2.45) is 0 Å². The Morgan fingerprint density at radius 1 is 0.971 bits per heavy atom. The summed E-state index contributed by atoms with van der Waals surface area (Å²) in [6.45, 7) is 3.51. The average Bonchev–Trinajstić information content (AvgIpc) is 2.87. The van der Waals surface area contributed by atoms with E-state index in [0.717, 1.165) is 16.9 Å². The predicted molar refractivity (Wildman–Crippen MR) is 127 cm³/mol. The van der Waals surface area contributed by atoms with Crippen LogP contribution < -0.4 is 4.90 Å².